The van der Waals surface area contributed by atoms with E-state index >= 15 is 0 Å². The fourth-order valence-electron chi connectivity index (χ4n) is 1.22. The highest BCUT2D eigenvalue weighted by Gasteiger charge is 2.10. The fraction of sp³-hybridized carbons (Fsp3) is 0.364. The second kappa shape index (κ2) is 5.86. The van der Waals surface area contributed by atoms with Gasteiger partial charge in [0.25, 0.3) is 5.91 Å². The van der Waals surface area contributed by atoms with Crippen LogP contribution in [0, 0.1) is 0 Å². The molecular formula is C11H15BrN2O2. The van der Waals surface area contributed by atoms with Crippen molar-refractivity contribution in [2.45, 2.75) is 13.0 Å². The average Bonchev–Trinajstić information content (AvgIpc) is 2.26. The summed E-state index contributed by atoms with van der Waals surface area (Å²) in [4.78, 5) is 11.1. The van der Waals surface area contributed by atoms with Crippen LogP contribution in [0.1, 0.15) is 18.5 Å². The van der Waals surface area contributed by atoms with Crippen LogP contribution < -0.4 is 15.8 Å². The maximum absolute atomic E-state index is 11.1. The van der Waals surface area contributed by atoms with Crippen LogP contribution in [0.3, 0.4) is 0 Å². The van der Waals surface area contributed by atoms with Crippen molar-refractivity contribution in [2.75, 3.05) is 13.7 Å². The number of likely N-dealkylation sites (N-methyl/N-ethyl adjacent to an activating group) is 1. The zero-order valence-electron chi connectivity index (χ0n) is 9.29. The van der Waals surface area contributed by atoms with Crippen molar-refractivity contribution in [1.29, 1.82) is 0 Å². The molecular weight excluding hydrogens is 272 g/mol. The predicted molar refractivity (Wildman–Crippen MR) is 66.3 cm³/mol. The first-order valence-corrected chi connectivity index (χ1v) is 5.72. The van der Waals surface area contributed by atoms with Crippen molar-refractivity contribution in [1.82, 2.24) is 5.32 Å². The molecule has 0 saturated heterocycles. The Bertz CT molecular complexity index is 380. The number of amides is 1. The minimum atomic E-state index is -0.168. The molecule has 5 heteroatoms. The molecule has 1 unspecified atom stereocenters. The summed E-state index contributed by atoms with van der Waals surface area (Å²) in [6.07, 6.45) is 0. The van der Waals surface area contributed by atoms with Gasteiger partial charge in [0, 0.05) is 23.1 Å². The molecule has 1 atom stereocenters. The number of nitrogens with two attached hydrogens (primary N) is 1. The molecule has 1 aromatic carbocycles. The third kappa shape index (κ3) is 3.50. The first-order chi connectivity index (χ1) is 7.54. The first kappa shape index (κ1) is 13.0. The number of halogens is 1. The molecule has 0 radical (unpaired) electrons. The molecule has 1 rings (SSSR count). The largest absolute Gasteiger partial charge is 0.483 e. The molecule has 0 fully saturated rings. The van der Waals surface area contributed by atoms with Crippen LogP contribution in [-0.4, -0.2) is 19.6 Å². The van der Waals surface area contributed by atoms with Crippen molar-refractivity contribution in [3.63, 3.8) is 0 Å². The summed E-state index contributed by atoms with van der Waals surface area (Å²) in [7, 11) is 1.57. The summed E-state index contributed by atoms with van der Waals surface area (Å²) in [6, 6.07) is 5.40. The van der Waals surface area contributed by atoms with E-state index in [1.54, 1.807) is 13.1 Å². The van der Waals surface area contributed by atoms with Gasteiger partial charge < -0.3 is 15.8 Å². The SMILES string of the molecule is CNC(=O)COc1ccc(Br)cc1C(C)N. The van der Waals surface area contributed by atoms with Gasteiger partial charge in [-0.05, 0) is 25.1 Å². The van der Waals surface area contributed by atoms with Crippen molar-refractivity contribution >= 4 is 21.8 Å². The molecule has 0 spiro atoms. The van der Waals surface area contributed by atoms with E-state index < -0.39 is 0 Å². The van der Waals surface area contributed by atoms with Gasteiger partial charge in [0.15, 0.2) is 6.61 Å². The Hall–Kier alpha value is -1.07. The average molecular weight is 287 g/mol. The van der Waals surface area contributed by atoms with Crippen LogP contribution in [0.4, 0.5) is 0 Å². The van der Waals surface area contributed by atoms with Gasteiger partial charge in [-0.3, -0.25) is 4.79 Å². The number of hydrogen-bond acceptors (Lipinski definition) is 3. The Balaban J connectivity index is 2.82. The normalized spacial score (nSPS) is 12.0. The van der Waals surface area contributed by atoms with Crippen LogP contribution in [0.5, 0.6) is 5.75 Å². The lowest BCUT2D eigenvalue weighted by Crippen LogP contribution is -2.25. The highest BCUT2D eigenvalue weighted by Crippen LogP contribution is 2.27. The number of nitrogens with one attached hydrogen (secondary N) is 1. The Kier molecular flexibility index (Phi) is 4.76. The number of carbonyl (C=O) groups excluding carboxylic acids is 1. The maximum atomic E-state index is 11.1. The van der Waals surface area contributed by atoms with Crippen molar-refractivity contribution in [3.05, 3.63) is 28.2 Å². The lowest BCUT2D eigenvalue weighted by molar-refractivity contribution is -0.122. The first-order valence-electron chi connectivity index (χ1n) is 4.93. The van der Waals surface area contributed by atoms with Gasteiger partial charge >= 0.3 is 0 Å². The molecule has 4 nitrogen and oxygen atoms in total. The summed E-state index contributed by atoms with van der Waals surface area (Å²) in [5, 5.41) is 2.49. The number of benzene rings is 1. The van der Waals surface area contributed by atoms with Crippen molar-refractivity contribution in [3.8, 4) is 5.75 Å². The number of hydrogen-bond donors (Lipinski definition) is 2. The summed E-state index contributed by atoms with van der Waals surface area (Å²) < 4.78 is 6.33. The van der Waals surface area contributed by atoms with Gasteiger partial charge in [-0.15, -0.1) is 0 Å². The van der Waals surface area contributed by atoms with Gasteiger partial charge in [-0.25, -0.2) is 0 Å². The van der Waals surface area contributed by atoms with E-state index in [2.05, 4.69) is 21.2 Å². The van der Waals surface area contributed by atoms with E-state index in [1.807, 2.05) is 19.1 Å². The summed E-state index contributed by atoms with van der Waals surface area (Å²) in [6.45, 7) is 1.87. The molecule has 0 aliphatic carbocycles. The minimum Gasteiger partial charge on any atom is -0.483 e. The monoisotopic (exact) mass is 286 g/mol. The summed E-state index contributed by atoms with van der Waals surface area (Å²) >= 11 is 3.37. The van der Waals surface area contributed by atoms with Gasteiger partial charge in [0.2, 0.25) is 0 Å². The van der Waals surface area contributed by atoms with Gasteiger partial charge in [-0.2, -0.15) is 0 Å². The summed E-state index contributed by atoms with van der Waals surface area (Å²) in [5.41, 5.74) is 6.69. The minimum absolute atomic E-state index is 0.00213. The molecule has 1 aromatic rings. The van der Waals surface area contributed by atoms with Crippen LogP contribution in [0.2, 0.25) is 0 Å². The van der Waals surface area contributed by atoms with Crippen LogP contribution in [0.25, 0.3) is 0 Å². The molecule has 16 heavy (non-hydrogen) atoms. The fourth-order valence-corrected chi connectivity index (χ4v) is 1.60. The highest BCUT2D eigenvalue weighted by atomic mass is 79.9. The molecule has 0 aliphatic heterocycles. The molecule has 3 N–H and O–H groups in total. The molecule has 1 amide bonds. The number of rotatable bonds is 4. The third-order valence-electron chi connectivity index (χ3n) is 2.10. The zero-order valence-corrected chi connectivity index (χ0v) is 10.9. The van der Waals surface area contributed by atoms with E-state index in [9.17, 15) is 4.79 Å². The van der Waals surface area contributed by atoms with Crippen LogP contribution in [0.15, 0.2) is 22.7 Å². The Morgan fingerprint density at radius 2 is 2.31 bits per heavy atom. The quantitative estimate of drug-likeness (QED) is 0.884. The number of ether oxygens (including phenoxy) is 1. The Labute approximate surface area is 103 Å². The van der Waals surface area contributed by atoms with E-state index in [4.69, 9.17) is 10.5 Å². The molecule has 0 saturated carbocycles. The van der Waals surface area contributed by atoms with E-state index in [0.717, 1.165) is 10.0 Å². The topological polar surface area (TPSA) is 64.3 Å². The lowest BCUT2D eigenvalue weighted by Gasteiger charge is -2.13. The number of carbonyl (C=O) groups is 1. The lowest BCUT2D eigenvalue weighted by atomic mass is 10.1. The van der Waals surface area contributed by atoms with E-state index in [0.29, 0.717) is 5.75 Å². The molecule has 0 bridgehead atoms. The van der Waals surface area contributed by atoms with Crippen molar-refractivity contribution in [2.24, 2.45) is 5.73 Å². The Morgan fingerprint density at radius 3 is 2.88 bits per heavy atom. The Morgan fingerprint density at radius 1 is 1.62 bits per heavy atom. The smallest absolute Gasteiger partial charge is 0.257 e. The van der Waals surface area contributed by atoms with Crippen molar-refractivity contribution < 1.29 is 9.53 Å². The molecule has 0 heterocycles. The van der Waals surface area contributed by atoms with E-state index in [1.165, 1.54) is 0 Å². The molecule has 0 aromatic heterocycles. The predicted octanol–water partition coefficient (Wildman–Crippen LogP) is 1.59. The maximum Gasteiger partial charge on any atom is 0.257 e. The second-order valence-corrected chi connectivity index (χ2v) is 4.35. The van der Waals surface area contributed by atoms with E-state index in [-0.39, 0.29) is 18.6 Å². The van der Waals surface area contributed by atoms with Crippen LogP contribution >= 0.6 is 15.9 Å². The molecule has 0 aliphatic rings. The third-order valence-corrected chi connectivity index (χ3v) is 2.59. The van der Waals surface area contributed by atoms with Gasteiger partial charge in [0.05, 0.1) is 0 Å². The zero-order chi connectivity index (χ0) is 12.1. The molecule has 88 valence electrons. The van der Waals surface area contributed by atoms with Crippen LogP contribution in [-0.2, 0) is 4.79 Å². The second-order valence-electron chi connectivity index (χ2n) is 3.43. The summed E-state index contributed by atoms with van der Waals surface area (Å²) in [5.74, 6) is 0.473. The van der Waals surface area contributed by atoms with Gasteiger partial charge in [0.1, 0.15) is 5.75 Å². The highest BCUT2D eigenvalue weighted by molar-refractivity contribution is 9.10. The standard InChI is InChI=1S/C11H15BrN2O2/c1-7(13)9-5-8(12)3-4-10(9)16-6-11(15)14-2/h3-5,7H,6,13H2,1-2H3,(H,14,15). The van der Waals surface area contributed by atoms with Gasteiger partial charge in [-0.1, -0.05) is 15.9 Å².